The smallest absolute Gasteiger partial charge is 0.335 e. The van der Waals surface area contributed by atoms with Gasteiger partial charge in [0.2, 0.25) is 0 Å². The molecule has 0 bridgehead atoms. The van der Waals surface area contributed by atoms with Crippen molar-refractivity contribution in [1.82, 2.24) is 0 Å². The van der Waals surface area contributed by atoms with E-state index in [4.69, 9.17) is 13.9 Å². The predicted molar refractivity (Wildman–Crippen MR) is 143 cm³/mol. The molecule has 0 N–H and O–H groups in total. The summed E-state index contributed by atoms with van der Waals surface area (Å²) in [6.07, 6.45) is 2.26. The van der Waals surface area contributed by atoms with Crippen LogP contribution in [0.3, 0.4) is 0 Å². The number of esters is 2. The third-order valence-corrected chi connectivity index (χ3v) is 5.69. The topological polar surface area (TPSA) is 65.7 Å². The van der Waals surface area contributed by atoms with Gasteiger partial charge in [-0.15, -0.1) is 0 Å². The minimum atomic E-state index is -0.524. The van der Waals surface area contributed by atoms with Crippen LogP contribution in [0.2, 0.25) is 0 Å². The quantitative estimate of drug-likeness (QED) is 0.0899. The van der Waals surface area contributed by atoms with Gasteiger partial charge in [0.15, 0.2) is 5.76 Å². The van der Waals surface area contributed by atoms with Crippen molar-refractivity contribution in [2.75, 3.05) is 0 Å². The Bertz CT molecular complexity index is 1690. The van der Waals surface area contributed by atoms with Gasteiger partial charge in [0.1, 0.15) is 17.3 Å². The second kappa shape index (κ2) is 10.1. The van der Waals surface area contributed by atoms with Gasteiger partial charge in [-0.25, -0.2) is 9.59 Å². The Hall–Kier alpha value is -5.34. The molecule has 0 atom stereocenters. The molecule has 37 heavy (non-hydrogen) atoms. The lowest BCUT2D eigenvalue weighted by molar-refractivity contribution is -0.129. The number of carbonyl (C=O) groups excluding carboxylic acids is 2. The van der Waals surface area contributed by atoms with Gasteiger partial charge >= 0.3 is 11.9 Å². The zero-order valence-electron chi connectivity index (χ0n) is 19.7. The van der Waals surface area contributed by atoms with Gasteiger partial charge in [0, 0.05) is 44.8 Å². The van der Waals surface area contributed by atoms with Crippen LogP contribution in [0.5, 0.6) is 11.5 Å². The van der Waals surface area contributed by atoms with Gasteiger partial charge < -0.3 is 13.9 Å². The van der Waals surface area contributed by atoms with Crippen molar-refractivity contribution in [3.05, 3.63) is 122 Å². The first-order valence-corrected chi connectivity index (χ1v) is 11.4. The van der Waals surface area contributed by atoms with E-state index in [2.05, 4.69) is 25.0 Å². The molecule has 4 aromatic carbocycles. The maximum absolute atomic E-state index is 12.1. The van der Waals surface area contributed by atoms with Crippen molar-refractivity contribution in [2.45, 2.75) is 0 Å². The Kier molecular flexibility index (Phi) is 6.39. The molecule has 5 aromatic rings. The fourth-order valence-corrected chi connectivity index (χ4v) is 4.00. The van der Waals surface area contributed by atoms with Crippen molar-refractivity contribution >= 4 is 33.5 Å². The number of hydrogen-bond donors (Lipinski definition) is 0. The number of carbonyl (C=O) groups is 2. The number of furan rings is 1. The van der Waals surface area contributed by atoms with Crippen LogP contribution in [0.15, 0.2) is 115 Å². The van der Waals surface area contributed by atoms with Crippen LogP contribution in [0.1, 0.15) is 11.3 Å². The molecule has 0 saturated heterocycles. The van der Waals surface area contributed by atoms with Gasteiger partial charge in [-0.1, -0.05) is 67.6 Å². The zero-order valence-corrected chi connectivity index (χ0v) is 19.7. The molecule has 178 valence electrons. The van der Waals surface area contributed by atoms with Crippen molar-refractivity contribution in [2.24, 2.45) is 0 Å². The average molecular weight is 485 g/mol. The van der Waals surface area contributed by atoms with Gasteiger partial charge in [-0.05, 0) is 42.3 Å². The minimum absolute atomic E-state index is 0.418. The van der Waals surface area contributed by atoms with Gasteiger partial charge in [-0.2, -0.15) is 0 Å². The van der Waals surface area contributed by atoms with Crippen molar-refractivity contribution in [3.63, 3.8) is 0 Å². The first-order valence-electron chi connectivity index (χ1n) is 11.4. The van der Waals surface area contributed by atoms with Crippen LogP contribution in [0.4, 0.5) is 0 Å². The highest BCUT2D eigenvalue weighted by atomic mass is 16.5. The highest BCUT2D eigenvalue weighted by Crippen LogP contribution is 2.38. The molecule has 1 heterocycles. The normalized spacial score (nSPS) is 10.4. The van der Waals surface area contributed by atoms with E-state index in [1.165, 1.54) is 0 Å². The average Bonchev–Trinajstić information content (AvgIpc) is 3.41. The summed E-state index contributed by atoms with van der Waals surface area (Å²) in [4.78, 5) is 23.4. The Morgan fingerprint density at radius 1 is 0.676 bits per heavy atom. The number of hydrogen-bond acceptors (Lipinski definition) is 5. The Labute approximate surface area is 213 Å². The largest absolute Gasteiger partial charge is 0.448 e. The molecule has 0 aliphatic rings. The van der Waals surface area contributed by atoms with E-state index in [1.54, 1.807) is 30.3 Å². The molecule has 0 saturated carbocycles. The maximum atomic E-state index is 12.1. The Morgan fingerprint density at radius 3 is 1.84 bits per heavy atom. The highest BCUT2D eigenvalue weighted by Gasteiger charge is 2.15. The summed E-state index contributed by atoms with van der Waals surface area (Å²) >= 11 is 0. The van der Waals surface area contributed by atoms with Crippen LogP contribution in [0.25, 0.3) is 32.9 Å². The van der Waals surface area contributed by atoms with E-state index in [9.17, 15) is 9.59 Å². The highest BCUT2D eigenvalue weighted by molar-refractivity contribution is 6.11. The van der Waals surface area contributed by atoms with Crippen LogP contribution < -0.4 is 9.47 Å². The van der Waals surface area contributed by atoms with E-state index in [0.717, 1.165) is 44.8 Å². The number of fused-ring (bicyclic) bond motifs is 2. The van der Waals surface area contributed by atoms with Gasteiger partial charge in [0.05, 0.1) is 0 Å². The lowest BCUT2D eigenvalue weighted by Crippen LogP contribution is -2.04. The lowest BCUT2D eigenvalue weighted by Gasteiger charge is -2.13. The zero-order chi connectivity index (χ0) is 25.8. The third kappa shape index (κ3) is 4.77. The number of rotatable bonds is 5. The Balaban J connectivity index is 1.54. The van der Waals surface area contributed by atoms with E-state index in [1.807, 2.05) is 54.6 Å². The molecule has 0 unspecified atom stereocenters. The second-order valence-corrected chi connectivity index (χ2v) is 7.98. The van der Waals surface area contributed by atoms with Crippen LogP contribution in [-0.2, 0) is 9.59 Å². The standard InChI is InChI=1S/C32H20O5/c1-3-30(33)36-23-15-13-21(14-16-23)29-20-18-22(35-29)17-19-26-24-9-5-7-11-27(24)32(37-31(34)4-2)28-12-8-6-10-25(26)28/h3-16,18,20H,1-2H2. The van der Waals surface area contributed by atoms with E-state index in [0.29, 0.717) is 23.0 Å². The Morgan fingerprint density at radius 2 is 1.24 bits per heavy atom. The molecule has 1 aromatic heterocycles. The summed E-state index contributed by atoms with van der Waals surface area (Å²) in [5.74, 6) is 7.38. The fourth-order valence-electron chi connectivity index (χ4n) is 4.00. The first-order chi connectivity index (χ1) is 18.1. The molecule has 5 nitrogen and oxygen atoms in total. The predicted octanol–water partition coefficient (Wildman–Crippen LogP) is 6.84. The molecule has 0 aliphatic heterocycles. The molecule has 0 amide bonds. The van der Waals surface area contributed by atoms with Gasteiger partial charge in [-0.3, -0.25) is 0 Å². The summed E-state index contributed by atoms with van der Waals surface area (Å²) in [5.41, 5.74) is 1.62. The third-order valence-electron chi connectivity index (χ3n) is 5.69. The molecule has 5 rings (SSSR count). The van der Waals surface area contributed by atoms with Crippen molar-refractivity contribution in [1.29, 1.82) is 0 Å². The maximum Gasteiger partial charge on any atom is 0.335 e. The molecule has 0 aliphatic carbocycles. The minimum Gasteiger partial charge on any atom is -0.448 e. The lowest BCUT2D eigenvalue weighted by atomic mass is 9.95. The van der Waals surface area contributed by atoms with Crippen LogP contribution >= 0.6 is 0 Å². The molecule has 0 fully saturated rings. The molecular weight excluding hydrogens is 464 g/mol. The van der Waals surface area contributed by atoms with Gasteiger partial charge in [0.25, 0.3) is 0 Å². The summed E-state index contributed by atoms with van der Waals surface area (Å²) in [6.45, 7) is 6.90. The first kappa shape index (κ1) is 23.4. The number of ether oxygens (including phenoxy) is 2. The molecule has 5 heteroatoms. The monoisotopic (exact) mass is 484 g/mol. The summed E-state index contributed by atoms with van der Waals surface area (Å²) in [5, 5.41) is 3.27. The second-order valence-electron chi connectivity index (χ2n) is 7.98. The van der Waals surface area contributed by atoms with E-state index in [-0.39, 0.29) is 0 Å². The summed E-state index contributed by atoms with van der Waals surface area (Å²) in [7, 11) is 0. The van der Waals surface area contributed by atoms with Crippen molar-refractivity contribution in [3.8, 4) is 34.7 Å². The molecular formula is C32H20O5. The van der Waals surface area contributed by atoms with Crippen LogP contribution in [0, 0.1) is 11.8 Å². The summed E-state index contributed by atoms with van der Waals surface area (Å²) in [6, 6.07) is 25.9. The SMILES string of the molecule is C=CC(=O)Oc1ccc(-c2ccc(C#Cc3c4ccccc4c(OC(=O)C=C)c4ccccc34)o2)cc1. The van der Waals surface area contributed by atoms with E-state index < -0.39 is 11.9 Å². The molecule has 0 spiro atoms. The van der Waals surface area contributed by atoms with Crippen molar-refractivity contribution < 1.29 is 23.5 Å². The van der Waals surface area contributed by atoms with Crippen LogP contribution in [-0.4, -0.2) is 11.9 Å². The van der Waals surface area contributed by atoms with E-state index >= 15 is 0 Å². The fraction of sp³-hybridized carbons (Fsp3) is 0. The molecule has 0 radical (unpaired) electrons. The summed E-state index contributed by atoms with van der Waals surface area (Å²) < 4.78 is 16.7. The number of benzene rings is 4.